The normalized spacial score (nSPS) is 18.1. The molecule has 1 aliphatic heterocycles. The number of hydrogen-bond donors (Lipinski definition) is 1. The first-order valence-electron chi connectivity index (χ1n) is 6.32. The van der Waals surface area contributed by atoms with E-state index in [2.05, 4.69) is 16.8 Å². The average molecular weight is 272 g/mol. The van der Waals surface area contributed by atoms with Crippen LogP contribution >= 0.6 is 11.6 Å². The van der Waals surface area contributed by atoms with E-state index in [-0.39, 0.29) is 10.7 Å². The topological polar surface area (TPSA) is 58.1 Å². The molecule has 1 aromatic heterocycles. The minimum absolute atomic E-state index is 0.0991. The van der Waals surface area contributed by atoms with Crippen LogP contribution < -0.4 is 11.2 Å². The Morgan fingerprint density at radius 1 is 1.39 bits per heavy atom. The molecule has 1 fully saturated rings. The van der Waals surface area contributed by atoms with Crippen LogP contribution in [0, 0.1) is 5.92 Å². The Kier molecular flexibility index (Phi) is 4.24. The van der Waals surface area contributed by atoms with Crippen LogP contribution in [-0.2, 0) is 6.54 Å². The molecule has 0 atom stereocenters. The maximum Gasteiger partial charge on any atom is 0.329 e. The molecule has 100 valence electrons. The minimum atomic E-state index is -0.412. The number of H-pyrrole nitrogens is 1. The predicted octanol–water partition coefficient (Wildman–Crippen LogP) is 0.922. The lowest BCUT2D eigenvalue weighted by atomic mass is 9.97. The highest BCUT2D eigenvalue weighted by atomic mass is 35.5. The van der Waals surface area contributed by atoms with Gasteiger partial charge in [0.05, 0.1) is 0 Å². The number of nitrogens with zero attached hydrogens (tertiary/aromatic N) is 2. The van der Waals surface area contributed by atoms with E-state index in [0.717, 1.165) is 32.5 Å². The highest BCUT2D eigenvalue weighted by molar-refractivity contribution is 6.29. The molecule has 0 bridgehead atoms. The minimum Gasteiger partial charge on any atom is -0.304 e. The Balaban J connectivity index is 2.07. The molecule has 6 heteroatoms. The zero-order chi connectivity index (χ0) is 13.1. The fourth-order valence-electron chi connectivity index (χ4n) is 2.41. The summed E-state index contributed by atoms with van der Waals surface area (Å²) in [4.78, 5) is 28.2. The van der Waals surface area contributed by atoms with Crippen LogP contribution in [0.4, 0.5) is 0 Å². The van der Waals surface area contributed by atoms with Crippen LogP contribution in [0.2, 0.25) is 5.15 Å². The Labute approximate surface area is 110 Å². The van der Waals surface area contributed by atoms with Gasteiger partial charge < -0.3 is 4.90 Å². The van der Waals surface area contributed by atoms with Crippen molar-refractivity contribution in [1.29, 1.82) is 0 Å². The van der Waals surface area contributed by atoms with Crippen LogP contribution in [-0.4, -0.2) is 34.1 Å². The molecule has 2 heterocycles. The Morgan fingerprint density at radius 3 is 2.61 bits per heavy atom. The van der Waals surface area contributed by atoms with Gasteiger partial charge in [-0.3, -0.25) is 14.3 Å². The molecule has 0 spiro atoms. The van der Waals surface area contributed by atoms with E-state index in [1.54, 1.807) is 0 Å². The first-order valence-corrected chi connectivity index (χ1v) is 6.70. The SMILES string of the molecule is CCN1CCC(Cn2c(=O)cc(Cl)[nH]c2=O)CC1. The lowest BCUT2D eigenvalue weighted by molar-refractivity contribution is 0.179. The van der Waals surface area contributed by atoms with Crippen molar-refractivity contribution < 1.29 is 0 Å². The number of piperidine rings is 1. The zero-order valence-electron chi connectivity index (χ0n) is 10.5. The summed E-state index contributed by atoms with van der Waals surface area (Å²) in [6.45, 7) is 5.79. The smallest absolute Gasteiger partial charge is 0.304 e. The van der Waals surface area contributed by atoms with Crippen LogP contribution in [0.3, 0.4) is 0 Å². The number of hydrogen-bond acceptors (Lipinski definition) is 3. The summed E-state index contributed by atoms with van der Waals surface area (Å²) >= 11 is 5.63. The van der Waals surface area contributed by atoms with E-state index in [9.17, 15) is 9.59 Å². The summed E-state index contributed by atoms with van der Waals surface area (Å²) < 4.78 is 1.25. The first kappa shape index (κ1) is 13.4. The second-order valence-electron chi connectivity index (χ2n) is 4.75. The summed E-state index contributed by atoms with van der Waals surface area (Å²) in [6, 6.07) is 1.25. The van der Waals surface area contributed by atoms with Crippen LogP contribution in [0.1, 0.15) is 19.8 Å². The first-order chi connectivity index (χ1) is 8.60. The van der Waals surface area contributed by atoms with Gasteiger partial charge in [0.15, 0.2) is 0 Å². The number of aromatic nitrogens is 2. The van der Waals surface area contributed by atoms with E-state index in [0.29, 0.717) is 12.5 Å². The van der Waals surface area contributed by atoms with Crippen LogP contribution in [0.25, 0.3) is 0 Å². The third-order valence-corrected chi connectivity index (χ3v) is 3.79. The molecule has 1 N–H and O–H groups in total. The quantitative estimate of drug-likeness (QED) is 0.832. The Morgan fingerprint density at radius 2 is 2.06 bits per heavy atom. The number of likely N-dealkylation sites (tertiary alicyclic amines) is 1. The van der Waals surface area contributed by atoms with Gasteiger partial charge in [0.2, 0.25) is 0 Å². The maximum absolute atomic E-state index is 11.7. The van der Waals surface area contributed by atoms with Crippen molar-refractivity contribution in [3.8, 4) is 0 Å². The molecule has 0 unspecified atom stereocenters. The van der Waals surface area contributed by atoms with Crippen LogP contribution in [0.5, 0.6) is 0 Å². The molecule has 2 rings (SSSR count). The van der Waals surface area contributed by atoms with Gasteiger partial charge in [-0.1, -0.05) is 18.5 Å². The summed E-state index contributed by atoms with van der Waals surface area (Å²) in [7, 11) is 0. The molecule has 18 heavy (non-hydrogen) atoms. The van der Waals surface area contributed by atoms with E-state index < -0.39 is 5.69 Å². The molecule has 5 nitrogen and oxygen atoms in total. The van der Waals surface area contributed by atoms with Crippen molar-refractivity contribution in [3.05, 3.63) is 32.1 Å². The lowest BCUT2D eigenvalue weighted by Gasteiger charge is -2.30. The molecule has 0 radical (unpaired) electrons. The van der Waals surface area contributed by atoms with Crippen molar-refractivity contribution in [2.24, 2.45) is 5.92 Å². The van der Waals surface area contributed by atoms with Crippen LogP contribution in [0.15, 0.2) is 15.7 Å². The third kappa shape index (κ3) is 3.03. The third-order valence-electron chi connectivity index (χ3n) is 3.58. The molecule has 1 aromatic rings. The summed E-state index contributed by atoms with van der Waals surface area (Å²) in [5.41, 5.74) is -0.730. The molecule has 1 aliphatic rings. The summed E-state index contributed by atoms with van der Waals surface area (Å²) in [6.07, 6.45) is 2.06. The van der Waals surface area contributed by atoms with Crippen molar-refractivity contribution in [3.63, 3.8) is 0 Å². The number of halogens is 1. The van der Waals surface area contributed by atoms with Gasteiger partial charge in [0.1, 0.15) is 5.15 Å². The largest absolute Gasteiger partial charge is 0.329 e. The second kappa shape index (κ2) is 5.71. The van der Waals surface area contributed by atoms with Crippen molar-refractivity contribution in [2.45, 2.75) is 26.3 Å². The number of rotatable bonds is 3. The molecule has 1 saturated heterocycles. The zero-order valence-corrected chi connectivity index (χ0v) is 11.2. The van der Waals surface area contributed by atoms with Crippen molar-refractivity contribution in [2.75, 3.05) is 19.6 Å². The van der Waals surface area contributed by atoms with E-state index in [4.69, 9.17) is 11.6 Å². The molecular formula is C12H18ClN3O2. The average Bonchev–Trinajstić information content (AvgIpc) is 2.34. The van der Waals surface area contributed by atoms with Gasteiger partial charge in [-0.2, -0.15) is 0 Å². The second-order valence-corrected chi connectivity index (χ2v) is 5.16. The van der Waals surface area contributed by atoms with Gasteiger partial charge in [-0.15, -0.1) is 0 Å². The number of aromatic amines is 1. The van der Waals surface area contributed by atoms with Crippen molar-refractivity contribution >= 4 is 11.6 Å². The summed E-state index contributed by atoms with van der Waals surface area (Å²) in [5.74, 6) is 0.396. The van der Waals surface area contributed by atoms with E-state index >= 15 is 0 Å². The van der Waals surface area contributed by atoms with Gasteiger partial charge >= 0.3 is 5.69 Å². The standard InChI is InChI=1S/C12H18ClN3O2/c1-2-15-5-3-9(4-6-15)8-16-11(17)7-10(13)14-12(16)18/h7,9H,2-6,8H2,1H3,(H,14,18). The van der Waals surface area contributed by atoms with Gasteiger partial charge in [0, 0.05) is 12.6 Å². The van der Waals surface area contributed by atoms with E-state index in [1.165, 1.54) is 10.6 Å². The van der Waals surface area contributed by atoms with Gasteiger partial charge in [-0.25, -0.2) is 4.79 Å². The fraction of sp³-hybridized carbons (Fsp3) is 0.667. The molecule has 0 amide bonds. The lowest BCUT2D eigenvalue weighted by Crippen LogP contribution is -2.40. The molecule has 0 saturated carbocycles. The summed E-state index contributed by atoms with van der Waals surface area (Å²) in [5, 5.41) is 0.0991. The van der Waals surface area contributed by atoms with Gasteiger partial charge in [0.25, 0.3) is 5.56 Å². The number of nitrogens with one attached hydrogen (secondary N) is 1. The highest BCUT2D eigenvalue weighted by Gasteiger charge is 2.19. The highest BCUT2D eigenvalue weighted by Crippen LogP contribution is 2.17. The molecule has 0 aliphatic carbocycles. The van der Waals surface area contributed by atoms with E-state index in [1.807, 2.05) is 0 Å². The Hall–Kier alpha value is -1.07. The van der Waals surface area contributed by atoms with Gasteiger partial charge in [-0.05, 0) is 38.4 Å². The maximum atomic E-state index is 11.7. The molecular weight excluding hydrogens is 254 g/mol. The Bertz CT molecular complexity index is 484. The monoisotopic (exact) mass is 271 g/mol. The predicted molar refractivity (Wildman–Crippen MR) is 71.2 cm³/mol. The molecule has 0 aromatic carbocycles. The van der Waals surface area contributed by atoms with Crippen molar-refractivity contribution in [1.82, 2.24) is 14.5 Å². The fourth-order valence-corrected chi connectivity index (χ4v) is 2.58.